The molecule has 1 aromatic heterocycles. The summed E-state index contributed by atoms with van der Waals surface area (Å²) in [6.45, 7) is 0. The predicted octanol–water partition coefficient (Wildman–Crippen LogP) is 3.62. The van der Waals surface area contributed by atoms with Crippen LogP contribution in [0.2, 0.25) is 0 Å². The lowest BCUT2D eigenvalue weighted by Crippen LogP contribution is -2.19. The van der Waals surface area contributed by atoms with E-state index in [0.29, 0.717) is 16.1 Å². The molecule has 1 amide bonds. The maximum Gasteiger partial charge on any atom is 0.266 e. The Morgan fingerprint density at radius 1 is 1.35 bits per heavy atom. The summed E-state index contributed by atoms with van der Waals surface area (Å²) in [6.07, 6.45) is 0. The molecule has 0 saturated carbocycles. The monoisotopic (exact) mass is 417 g/mol. The second kappa shape index (κ2) is 6.38. The van der Waals surface area contributed by atoms with E-state index in [4.69, 9.17) is 10.9 Å². The number of hydrogen-bond donors (Lipinski definition) is 3. The molecule has 0 radical (unpaired) electrons. The van der Waals surface area contributed by atoms with Gasteiger partial charge in [0.1, 0.15) is 4.88 Å². The molecule has 2 aromatic rings. The number of nitrogens with zero attached hydrogens (tertiary/aromatic N) is 1. The molecular weight excluding hydrogens is 410 g/mol. The second-order valence-electron chi connectivity index (χ2n) is 3.73. The number of amides is 1. The normalized spacial score (nSPS) is 11.4. The average Bonchev–Trinajstić information content (AvgIpc) is 2.86. The first-order chi connectivity index (χ1) is 9.52. The van der Waals surface area contributed by atoms with Gasteiger partial charge < -0.3 is 16.3 Å². The molecule has 0 unspecified atom stereocenters. The van der Waals surface area contributed by atoms with Gasteiger partial charge in [0.15, 0.2) is 5.84 Å². The first-order valence-electron chi connectivity index (χ1n) is 5.34. The van der Waals surface area contributed by atoms with Gasteiger partial charge in [-0.1, -0.05) is 21.1 Å². The van der Waals surface area contributed by atoms with E-state index in [1.807, 2.05) is 5.38 Å². The zero-order valence-corrected chi connectivity index (χ0v) is 13.9. The lowest BCUT2D eigenvalue weighted by atomic mass is 10.1. The molecule has 0 aliphatic rings. The summed E-state index contributed by atoms with van der Waals surface area (Å²) >= 11 is 7.93. The van der Waals surface area contributed by atoms with Crippen LogP contribution in [0, 0.1) is 0 Å². The minimum absolute atomic E-state index is 0.0770. The Hall–Kier alpha value is -1.38. The summed E-state index contributed by atoms with van der Waals surface area (Å²) in [5.74, 6) is -0.340. The van der Waals surface area contributed by atoms with Crippen LogP contribution in [0.1, 0.15) is 15.2 Å². The molecule has 5 nitrogen and oxygen atoms in total. The molecule has 8 heteroatoms. The molecule has 0 fully saturated rings. The van der Waals surface area contributed by atoms with E-state index in [2.05, 4.69) is 42.3 Å². The van der Waals surface area contributed by atoms with Crippen LogP contribution in [-0.2, 0) is 0 Å². The standard InChI is InChI=1S/C12H9Br2N3O2S/c13-6-1-2-9(7(5-6)11(15)17-19)16-12(18)10-8(14)3-4-20-10/h1-5,19H,(H2,15,17)(H,16,18). The zero-order chi connectivity index (χ0) is 14.7. The van der Waals surface area contributed by atoms with Crippen molar-refractivity contribution in [1.29, 1.82) is 0 Å². The summed E-state index contributed by atoms with van der Waals surface area (Å²) in [7, 11) is 0. The smallest absolute Gasteiger partial charge is 0.266 e. The van der Waals surface area contributed by atoms with Crippen LogP contribution in [0.15, 0.2) is 43.7 Å². The van der Waals surface area contributed by atoms with Crippen molar-refractivity contribution in [2.24, 2.45) is 10.9 Å². The maximum absolute atomic E-state index is 12.2. The van der Waals surface area contributed by atoms with Crippen molar-refractivity contribution in [2.45, 2.75) is 0 Å². The zero-order valence-electron chi connectivity index (χ0n) is 9.93. The molecule has 4 N–H and O–H groups in total. The first kappa shape index (κ1) is 15.0. The number of carbonyl (C=O) groups excluding carboxylic acids is 1. The van der Waals surface area contributed by atoms with Crippen LogP contribution in [0.4, 0.5) is 5.69 Å². The summed E-state index contributed by atoms with van der Waals surface area (Å²) in [4.78, 5) is 12.7. The van der Waals surface area contributed by atoms with Crippen molar-refractivity contribution in [3.63, 3.8) is 0 Å². The number of halogens is 2. The number of anilines is 1. The highest BCUT2D eigenvalue weighted by Crippen LogP contribution is 2.26. The molecule has 0 bridgehead atoms. The van der Waals surface area contributed by atoms with E-state index in [0.717, 1.165) is 8.95 Å². The van der Waals surface area contributed by atoms with E-state index >= 15 is 0 Å². The fourth-order valence-electron chi connectivity index (χ4n) is 1.53. The lowest BCUT2D eigenvalue weighted by Gasteiger charge is -2.10. The van der Waals surface area contributed by atoms with Gasteiger partial charge in [-0.25, -0.2) is 0 Å². The highest BCUT2D eigenvalue weighted by Gasteiger charge is 2.15. The fraction of sp³-hybridized carbons (Fsp3) is 0. The average molecular weight is 419 g/mol. The number of amidine groups is 1. The maximum atomic E-state index is 12.2. The van der Waals surface area contributed by atoms with Crippen molar-refractivity contribution >= 4 is 60.6 Å². The Kier molecular flexibility index (Phi) is 4.79. The van der Waals surface area contributed by atoms with Gasteiger partial charge in [0.25, 0.3) is 5.91 Å². The third kappa shape index (κ3) is 3.20. The topological polar surface area (TPSA) is 87.7 Å². The highest BCUT2D eigenvalue weighted by atomic mass is 79.9. The van der Waals surface area contributed by atoms with E-state index in [1.165, 1.54) is 11.3 Å². The van der Waals surface area contributed by atoms with Crippen molar-refractivity contribution in [2.75, 3.05) is 5.32 Å². The number of oxime groups is 1. The minimum Gasteiger partial charge on any atom is -0.409 e. The van der Waals surface area contributed by atoms with Crippen LogP contribution in [0.5, 0.6) is 0 Å². The quantitative estimate of drug-likeness (QED) is 0.308. The van der Waals surface area contributed by atoms with Gasteiger partial charge in [0.2, 0.25) is 0 Å². The van der Waals surface area contributed by atoms with E-state index in [9.17, 15) is 4.79 Å². The number of rotatable bonds is 3. The molecule has 104 valence electrons. The van der Waals surface area contributed by atoms with Crippen LogP contribution in [-0.4, -0.2) is 17.0 Å². The first-order valence-corrected chi connectivity index (χ1v) is 7.81. The van der Waals surface area contributed by atoms with Crippen molar-refractivity contribution in [3.05, 3.63) is 49.0 Å². The minimum atomic E-state index is -0.263. The molecule has 1 aromatic carbocycles. The number of nitrogens with one attached hydrogen (secondary N) is 1. The molecule has 2 rings (SSSR count). The fourth-order valence-corrected chi connectivity index (χ4v) is 3.33. The molecule has 20 heavy (non-hydrogen) atoms. The Balaban J connectivity index is 2.35. The van der Waals surface area contributed by atoms with E-state index < -0.39 is 0 Å². The van der Waals surface area contributed by atoms with Gasteiger partial charge in [-0.2, -0.15) is 0 Å². The molecular formula is C12H9Br2N3O2S. The summed E-state index contributed by atoms with van der Waals surface area (Å²) < 4.78 is 1.48. The van der Waals surface area contributed by atoms with Gasteiger partial charge in [-0.15, -0.1) is 11.3 Å². The Morgan fingerprint density at radius 2 is 2.10 bits per heavy atom. The molecule has 0 aliphatic heterocycles. The summed E-state index contributed by atoms with van der Waals surface area (Å²) in [6, 6.07) is 6.89. The predicted molar refractivity (Wildman–Crippen MR) is 86.6 cm³/mol. The third-order valence-corrected chi connectivity index (χ3v) is 4.77. The van der Waals surface area contributed by atoms with Crippen LogP contribution >= 0.6 is 43.2 Å². The summed E-state index contributed by atoms with van der Waals surface area (Å²) in [5.41, 5.74) is 6.51. The number of thiophene rings is 1. The molecule has 0 aliphatic carbocycles. The van der Waals surface area contributed by atoms with Crippen molar-refractivity contribution < 1.29 is 10.0 Å². The van der Waals surface area contributed by atoms with E-state index in [-0.39, 0.29) is 11.7 Å². The van der Waals surface area contributed by atoms with Gasteiger partial charge in [0.05, 0.1) is 5.69 Å². The van der Waals surface area contributed by atoms with Gasteiger partial charge >= 0.3 is 0 Å². The van der Waals surface area contributed by atoms with Gasteiger partial charge in [0, 0.05) is 14.5 Å². The largest absolute Gasteiger partial charge is 0.409 e. The summed E-state index contributed by atoms with van der Waals surface area (Å²) in [5, 5.41) is 16.3. The van der Waals surface area contributed by atoms with E-state index in [1.54, 1.807) is 24.3 Å². The van der Waals surface area contributed by atoms with Crippen LogP contribution in [0.3, 0.4) is 0 Å². The third-order valence-electron chi connectivity index (χ3n) is 2.44. The molecule has 0 spiro atoms. The molecule has 0 atom stereocenters. The number of nitrogens with two attached hydrogens (primary N) is 1. The molecule has 0 saturated heterocycles. The Labute approximate surface area is 135 Å². The van der Waals surface area contributed by atoms with Crippen LogP contribution < -0.4 is 11.1 Å². The number of benzene rings is 1. The van der Waals surface area contributed by atoms with Crippen molar-refractivity contribution in [3.8, 4) is 0 Å². The molecule has 1 heterocycles. The second-order valence-corrected chi connectivity index (χ2v) is 6.41. The number of hydrogen-bond acceptors (Lipinski definition) is 4. The lowest BCUT2D eigenvalue weighted by molar-refractivity contribution is 0.103. The highest BCUT2D eigenvalue weighted by molar-refractivity contribution is 9.10. The SMILES string of the molecule is N/C(=N/O)c1cc(Br)ccc1NC(=O)c1sccc1Br. The van der Waals surface area contributed by atoms with Crippen molar-refractivity contribution in [1.82, 2.24) is 0 Å². The van der Waals surface area contributed by atoms with Gasteiger partial charge in [-0.3, -0.25) is 4.79 Å². The Morgan fingerprint density at radius 3 is 2.70 bits per heavy atom. The van der Waals surface area contributed by atoms with Crippen LogP contribution in [0.25, 0.3) is 0 Å². The number of carbonyl (C=O) groups is 1. The van der Waals surface area contributed by atoms with Gasteiger partial charge in [-0.05, 0) is 45.6 Å². The Bertz CT molecular complexity index is 685.